The fourth-order valence-corrected chi connectivity index (χ4v) is 2.45. The van der Waals surface area contributed by atoms with Crippen molar-refractivity contribution in [1.29, 1.82) is 0 Å². The highest BCUT2D eigenvalue weighted by molar-refractivity contribution is 6.30. The average Bonchev–Trinajstić information content (AvgIpc) is 2.40. The summed E-state index contributed by atoms with van der Waals surface area (Å²) in [4.78, 5) is 0. The fourth-order valence-electron chi connectivity index (χ4n) is 2.25. The van der Waals surface area contributed by atoms with Gasteiger partial charge in [0.25, 0.3) is 0 Å². The molecule has 0 fully saturated rings. The molecule has 3 nitrogen and oxygen atoms in total. The molecule has 0 bridgehead atoms. The Kier molecular flexibility index (Phi) is 4.51. The molecule has 1 aromatic carbocycles. The molecule has 1 atom stereocenters. The van der Waals surface area contributed by atoms with E-state index in [0.717, 1.165) is 28.4 Å². The molecule has 0 aliphatic carbocycles. The Bertz CT molecular complexity index is 569. The average molecular weight is 276 g/mol. The van der Waals surface area contributed by atoms with Crippen LogP contribution in [0.15, 0.2) is 30.3 Å². The highest BCUT2D eigenvalue weighted by Crippen LogP contribution is 2.26. The summed E-state index contributed by atoms with van der Waals surface area (Å²) in [6.45, 7) is 4.05. The van der Waals surface area contributed by atoms with Gasteiger partial charge in [-0.2, -0.15) is 10.2 Å². The molecule has 19 heavy (non-hydrogen) atoms. The van der Waals surface area contributed by atoms with Crippen LogP contribution in [0.4, 0.5) is 0 Å². The summed E-state index contributed by atoms with van der Waals surface area (Å²) in [5, 5.41) is 12.5. The summed E-state index contributed by atoms with van der Waals surface area (Å²) in [5.41, 5.74) is 4.25. The second-order valence-corrected chi connectivity index (χ2v) is 4.95. The summed E-state index contributed by atoms with van der Waals surface area (Å²) < 4.78 is 0. The third kappa shape index (κ3) is 3.11. The van der Waals surface area contributed by atoms with Crippen LogP contribution in [0.25, 0.3) is 0 Å². The molecule has 0 aliphatic heterocycles. The van der Waals surface area contributed by atoms with E-state index in [4.69, 9.17) is 11.6 Å². The number of rotatable bonds is 4. The molecule has 4 heteroatoms. The zero-order valence-electron chi connectivity index (χ0n) is 11.4. The SMILES string of the molecule is CCc1nnc(C)cc1C(NC)c1cccc(Cl)c1. The Balaban J connectivity index is 2.50. The van der Waals surface area contributed by atoms with Crippen molar-refractivity contribution in [2.75, 3.05) is 7.05 Å². The molecular weight excluding hydrogens is 258 g/mol. The normalized spacial score (nSPS) is 12.4. The molecule has 100 valence electrons. The first kappa shape index (κ1) is 14.0. The molecule has 0 spiro atoms. The minimum Gasteiger partial charge on any atom is -0.309 e. The number of hydrogen-bond acceptors (Lipinski definition) is 3. The lowest BCUT2D eigenvalue weighted by Gasteiger charge is -2.20. The van der Waals surface area contributed by atoms with Crippen molar-refractivity contribution in [1.82, 2.24) is 15.5 Å². The lowest BCUT2D eigenvalue weighted by molar-refractivity contribution is 0.669. The van der Waals surface area contributed by atoms with Crippen LogP contribution in [0.2, 0.25) is 5.02 Å². The summed E-state index contributed by atoms with van der Waals surface area (Å²) in [6, 6.07) is 10.1. The maximum Gasteiger partial charge on any atom is 0.0679 e. The van der Waals surface area contributed by atoms with Gasteiger partial charge in [-0.1, -0.05) is 30.7 Å². The fraction of sp³-hybridized carbons (Fsp3) is 0.333. The summed E-state index contributed by atoms with van der Waals surface area (Å²) in [5.74, 6) is 0. The van der Waals surface area contributed by atoms with Crippen LogP contribution >= 0.6 is 11.6 Å². The quantitative estimate of drug-likeness (QED) is 0.930. The van der Waals surface area contributed by atoms with E-state index in [-0.39, 0.29) is 6.04 Å². The van der Waals surface area contributed by atoms with Crippen molar-refractivity contribution in [2.24, 2.45) is 0 Å². The molecule has 1 aromatic heterocycles. The number of aromatic nitrogens is 2. The smallest absolute Gasteiger partial charge is 0.0679 e. The monoisotopic (exact) mass is 275 g/mol. The van der Waals surface area contributed by atoms with Crippen molar-refractivity contribution in [2.45, 2.75) is 26.3 Å². The minimum atomic E-state index is 0.0860. The Morgan fingerprint density at radius 3 is 2.68 bits per heavy atom. The zero-order valence-corrected chi connectivity index (χ0v) is 12.2. The third-order valence-electron chi connectivity index (χ3n) is 3.14. The Labute approximate surface area is 119 Å². The molecule has 0 aliphatic rings. The van der Waals surface area contributed by atoms with E-state index >= 15 is 0 Å². The van der Waals surface area contributed by atoms with E-state index in [1.165, 1.54) is 5.56 Å². The molecule has 0 amide bonds. The van der Waals surface area contributed by atoms with Crippen molar-refractivity contribution in [3.63, 3.8) is 0 Å². The number of hydrogen-bond donors (Lipinski definition) is 1. The van der Waals surface area contributed by atoms with E-state index < -0.39 is 0 Å². The molecule has 2 rings (SSSR count). The molecule has 0 saturated heterocycles. The van der Waals surface area contributed by atoms with Gasteiger partial charge in [0.1, 0.15) is 0 Å². The van der Waals surface area contributed by atoms with E-state index in [9.17, 15) is 0 Å². The zero-order chi connectivity index (χ0) is 13.8. The van der Waals surface area contributed by atoms with Gasteiger partial charge in [-0.15, -0.1) is 0 Å². The third-order valence-corrected chi connectivity index (χ3v) is 3.38. The predicted octanol–water partition coefficient (Wildman–Crippen LogP) is 3.31. The van der Waals surface area contributed by atoms with Crippen molar-refractivity contribution in [3.05, 3.63) is 57.9 Å². The van der Waals surface area contributed by atoms with Crippen molar-refractivity contribution in [3.8, 4) is 0 Å². The molecule has 1 heterocycles. The number of nitrogens with one attached hydrogen (secondary N) is 1. The number of halogens is 1. The Hall–Kier alpha value is -1.45. The summed E-state index contributed by atoms with van der Waals surface area (Å²) >= 11 is 6.08. The van der Waals surface area contributed by atoms with Gasteiger partial charge >= 0.3 is 0 Å². The maximum absolute atomic E-state index is 6.08. The highest BCUT2D eigenvalue weighted by Gasteiger charge is 2.17. The predicted molar refractivity (Wildman–Crippen MR) is 78.5 cm³/mol. The standard InChI is InChI=1S/C15H18ClN3/c1-4-14-13(8-10(2)18-19-14)15(17-3)11-6-5-7-12(16)9-11/h5-9,15,17H,4H2,1-3H3. The maximum atomic E-state index is 6.08. The summed E-state index contributed by atoms with van der Waals surface area (Å²) in [6.07, 6.45) is 0.862. The number of nitrogens with zero attached hydrogens (tertiary/aromatic N) is 2. The molecule has 2 aromatic rings. The minimum absolute atomic E-state index is 0.0860. The van der Waals surface area contributed by atoms with Gasteiger partial charge in [-0.25, -0.2) is 0 Å². The first-order chi connectivity index (χ1) is 9.15. The Morgan fingerprint density at radius 1 is 1.26 bits per heavy atom. The van der Waals surface area contributed by atoms with Gasteiger partial charge in [0, 0.05) is 5.02 Å². The van der Waals surface area contributed by atoms with Crippen LogP contribution in [0.3, 0.4) is 0 Å². The second kappa shape index (κ2) is 6.13. The molecular formula is C15H18ClN3. The molecule has 0 saturated carbocycles. The largest absolute Gasteiger partial charge is 0.309 e. The second-order valence-electron chi connectivity index (χ2n) is 4.52. The molecule has 0 radical (unpaired) electrons. The molecule has 1 unspecified atom stereocenters. The van der Waals surface area contributed by atoms with Crippen molar-refractivity contribution >= 4 is 11.6 Å². The first-order valence-corrected chi connectivity index (χ1v) is 6.79. The van der Waals surface area contributed by atoms with Crippen LogP contribution in [0.5, 0.6) is 0 Å². The van der Waals surface area contributed by atoms with Crippen LogP contribution in [0.1, 0.15) is 35.5 Å². The van der Waals surface area contributed by atoms with Gasteiger partial charge < -0.3 is 5.32 Å². The van der Waals surface area contributed by atoms with Gasteiger partial charge in [0.05, 0.1) is 17.4 Å². The number of benzene rings is 1. The lowest BCUT2D eigenvalue weighted by Crippen LogP contribution is -2.20. The van der Waals surface area contributed by atoms with Gasteiger partial charge in [-0.3, -0.25) is 0 Å². The van der Waals surface area contributed by atoms with E-state index in [1.807, 2.05) is 32.2 Å². The van der Waals surface area contributed by atoms with Gasteiger partial charge in [0.2, 0.25) is 0 Å². The van der Waals surface area contributed by atoms with Crippen LogP contribution in [-0.2, 0) is 6.42 Å². The van der Waals surface area contributed by atoms with Gasteiger partial charge in [-0.05, 0) is 49.7 Å². The van der Waals surface area contributed by atoms with Crippen LogP contribution < -0.4 is 5.32 Å². The van der Waals surface area contributed by atoms with Gasteiger partial charge in [0.15, 0.2) is 0 Å². The van der Waals surface area contributed by atoms with E-state index in [0.29, 0.717) is 0 Å². The topological polar surface area (TPSA) is 37.8 Å². The van der Waals surface area contributed by atoms with E-state index in [1.54, 1.807) is 0 Å². The Morgan fingerprint density at radius 2 is 2.05 bits per heavy atom. The summed E-state index contributed by atoms with van der Waals surface area (Å²) in [7, 11) is 1.95. The van der Waals surface area contributed by atoms with Crippen LogP contribution in [0, 0.1) is 6.92 Å². The first-order valence-electron chi connectivity index (χ1n) is 6.41. The number of aryl methyl sites for hydroxylation is 2. The highest BCUT2D eigenvalue weighted by atomic mass is 35.5. The van der Waals surface area contributed by atoms with E-state index in [2.05, 4.69) is 34.6 Å². The lowest BCUT2D eigenvalue weighted by atomic mass is 9.96. The van der Waals surface area contributed by atoms with Crippen molar-refractivity contribution < 1.29 is 0 Å². The molecule has 1 N–H and O–H groups in total. The van der Waals surface area contributed by atoms with Crippen LogP contribution in [-0.4, -0.2) is 17.2 Å².